The second-order valence-corrected chi connectivity index (χ2v) is 16.0. The highest BCUT2D eigenvalue weighted by molar-refractivity contribution is 7.92. The molecule has 1 atom stereocenters. The SMILES string of the molecule is Cc1cccc(C)c1-c1cc2nc(n1)NS(=O)(=O)c1cccc(c1)C(=O)N(C1CC(CO)(C(C)(C)O)C1)C(CC(C)(C)C)CO2. The van der Waals surface area contributed by atoms with Gasteiger partial charge in [0.15, 0.2) is 0 Å². The number of anilines is 1. The maximum atomic E-state index is 14.4. The Morgan fingerprint density at radius 2 is 1.67 bits per heavy atom. The minimum atomic E-state index is -4.18. The van der Waals surface area contributed by atoms with Gasteiger partial charge in [-0.2, -0.15) is 4.98 Å². The predicted octanol–water partition coefficient (Wildman–Crippen LogP) is 5.11. The number of aliphatic hydroxyl groups is 2. The van der Waals surface area contributed by atoms with Gasteiger partial charge in [-0.15, -0.1) is 0 Å². The normalized spacial score (nSPS) is 23.5. The van der Waals surface area contributed by atoms with Crippen LogP contribution in [0.4, 0.5) is 5.95 Å². The largest absolute Gasteiger partial charge is 0.475 e. The smallest absolute Gasteiger partial charge is 0.264 e. The van der Waals surface area contributed by atoms with E-state index in [1.54, 1.807) is 36.9 Å². The molecule has 4 bridgehead atoms. The van der Waals surface area contributed by atoms with Crippen LogP contribution in [0, 0.1) is 24.7 Å². The number of sulfonamides is 1. The molecule has 3 aromatic rings. The number of fused-ring (bicyclic) bond motifs is 4. The Morgan fingerprint density at radius 3 is 2.27 bits per heavy atom. The van der Waals surface area contributed by atoms with E-state index in [9.17, 15) is 23.4 Å². The molecule has 1 amide bonds. The predicted molar refractivity (Wildman–Crippen MR) is 173 cm³/mol. The summed E-state index contributed by atoms with van der Waals surface area (Å²) in [6, 6.07) is 12.8. The molecule has 0 spiro atoms. The van der Waals surface area contributed by atoms with Crippen LogP contribution < -0.4 is 9.46 Å². The van der Waals surface area contributed by atoms with Crippen molar-refractivity contribution in [2.24, 2.45) is 10.8 Å². The van der Waals surface area contributed by atoms with E-state index >= 15 is 0 Å². The molecule has 2 aliphatic rings. The van der Waals surface area contributed by atoms with Gasteiger partial charge < -0.3 is 19.8 Å². The summed E-state index contributed by atoms with van der Waals surface area (Å²) < 4.78 is 36.1. The van der Waals surface area contributed by atoms with E-state index in [-0.39, 0.29) is 52.9 Å². The third kappa shape index (κ3) is 6.57. The van der Waals surface area contributed by atoms with Gasteiger partial charge >= 0.3 is 0 Å². The van der Waals surface area contributed by atoms with Gasteiger partial charge in [0, 0.05) is 28.7 Å². The molecule has 1 aromatic heterocycles. The maximum Gasteiger partial charge on any atom is 0.264 e. The van der Waals surface area contributed by atoms with Crippen molar-refractivity contribution < 1.29 is 28.2 Å². The first kappa shape index (κ1) is 32.8. The quantitative estimate of drug-likeness (QED) is 0.351. The topological polar surface area (TPSA) is 142 Å². The standard InChI is InChI=1S/C34H44N4O6S/c1-21-10-8-11-22(2)29(21)27-15-28-36-31(35-27)37-45(42,43)26-13-9-12-23(14-26)30(40)38(25(19-44-28)16-32(3,4)5)24-17-34(18-24,20-39)33(6,7)41/h8-15,24-25,39,41H,16-20H2,1-7H3,(H,35,36,37). The molecule has 5 rings (SSSR count). The molecule has 1 aliphatic carbocycles. The zero-order chi connectivity index (χ0) is 32.9. The van der Waals surface area contributed by atoms with Crippen molar-refractivity contribution in [2.75, 3.05) is 17.9 Å². The fraction of sp³-hybridized carbons (Fsp3) is 0.500. The number of nitrogens with one attached hydrogen (secondary N) is 1. The van der Waals surface area contributed by atoms with Gasteiger partial charge in [0.25, 0.3) is 15.9 Å². The number of aryl methyl sites for hydroxylation is 2. The summed E-state index contributed by atoms with van der Waals surface area (Å²) in [4.78, 5) is 25.1. The molecule has 2 heterocycles. The molecule has 2 aromatic carbocycles. The lowest BCUT2D eigenvalue weighted by Gasteiger charge is -2.57. The van der Waals surface area contributed by atoms with Crippen LogP contribution in [0.25, 0.3) is 11.3 Å². The molecule has 1 fully saturated rings. The number of hydrogen-bond donors (Lipinski definition) is 3. The van der Waals surface area contributed by atoms with Gasteiger partial charge in [-0.05, 0) is 81.7 Å². The molecule has 0 radical (unpaired) electrons. The number of carbonyl (C=O) groups is 1. The van der Waals surface area contributed by atoms with Gasteiger partial charge in [-0.25, -0.2) is 18.1 Å². The zero-order valence-corrected chi connectivity index (χ0v) is 27.9. The first-order valence-corrected chi connectivity index (χ1v) is 16.8. The molecule has 3 N–H and O–H groups in total. The van der Waals surface area contributed by atoms with E-state index < -0.39 is 27.1 Å². The van der Waals surface area contributed by atoms with Crippen LogP contribution in [0.2, 0.25) is 0 Å². The molecule has 1 unspecified atom stereocenters. The van der Waals surface area contributed by atoms with E-state index in [1.165, 1.54) is 12.1 Å². The van der Waals surface area contributed by atoms with Crippen molar-refractivity contribution in [3.63, 3.8) is 0 Å². The number of nitrogens with zero attached hydrogens (tertiary/aromatic N) is 3. The third-order valence-corrected chi connectivity index (χ3v) is 10.5. The number of aliphatic hydroxyl groups excluding tert-OH is 1. The number of amides is 1. The molecule has 10 nitrogen and oxygen atoms in total. The molecule has 1 saturated carbocycles. The van der Waals surface area contributed by atoms with Crippen LogP contribution in [0.5, 0.6) is 5.88 Å². The highest BCUT2D eigenvalue weighted by atomic mass is 32.2. The van der Waals surface area contributed by atoms with Crippen LogP contribution in [0.1, 0.15) is 75.4 Å². The van der Waals surface area contributed by atoms with Gasteiger partial charge in [-0.1, -0.05) is 45.0 Å². The molecule has 1 aliphatic heterocycles. The molecular weight excluding hydrogens is 592 g/mol. The van der Waals surface area contributed by atoms with Crippen LogP contribution >= 0.6 is 0 Å². The lowest BCUT2D eigenvalue weighted by molar-refractivity contribution is -0.161. The first-order chi connectivity index (χ1) is 20.9. The molecule has 11 heteroatoms. The highest BCUT2D eigenvalue weighted by Gasteiger charge is 2.56. The highest BCUT2D eigenvalue weighted by Crippen LogP contribution is 2.52. The van der Waals surface area contributed by atoms with Crippen LogP contribution in [-0.2, 0) is 10.0 Å². The lowest BCUT2D eigenvalue weighted by Crippen LogP contribution is -2.64. The molecule has 0 saturated heterocycles. The van der Waals surface area contributed by atoms with Crippen molar-refractivity contribution in [3.8, 4) is 17.1 Å². The second kappa shape index (κ2) is 11.7. The summed E-state index contributed by atoms with van der Waals surface area (Å²) >= 11 is 0. The average Bonchev–Trinajstić information content (AvgIpc) is 2.90. The first-order valence-electron chi connectivity index (χ1n) is 15.3. The Morgan fingerprint density at radius 1 is 1.02 bits per heavy atom. The Labute approximate surface area is 265 Å². The Hall–Kier alpha value is -3.54. The summed E-state index contributed by atoms with van der Waals surface area (Å²) in [5.74, 6) is -0.305. The number of hydrogen-bond acceptors (Lipinski definition) is 8. The van der Waals surface area contributed by atoms with E-state index in [0.29, 0.717) is 25.0 Å². The number of ether oxygens (including phenoxy) is 1. The van der Waals surface area contributed by atoms with Gasteiger partial charge in [0.2, 0.25) is 11.8 Å². The summed E-state index contributed by atoms with van der Waals surface area (Å²) in [6.45, 7) is 13.4. The Kier molecular flexibility index (Phi) is 8.52. The molecule has 242 valence electrons. The van der Waals surface area contributed by atoms with Gasteiger partial charge in [0.05, 0.1) is 28.8 Å². The van der Waals surface area contributed by atoms with Crippen LogP contribution in [-0.4, -0.2) is 70.3 Å². The van der Waals surface area contributed by atoms with E-state index in [4.69, 9.17) is 4.74 Å². The van der Waals surface area contributed by atoms with E-state index in [1.807, 2.05) is 32.0 Å². The minimum Gasteiger partial charge on any atom is -0.475 e. The zero-order valence-electron chi connectivity index (χ0n) is 27.1. The fourth-order valence-electron chi connectivity index (χ4n) is 6.63. The monoisotopic (exact) mass is 636 g/mol. The van der Waals surface area contributed by atoms with Gasteiger partial charge in [-0.3, -0.25) is 4.79 Å². The maximum absolute atomic E-state index is 14.4. The minimum absolute atomic E-state index is 0.0865. The number of carbonyl (C=O) groups excluding carboxylic acids is 1. The summed E-state index contributed by atoms with van der Waals surface area (Å²) in [5.41, 5.74) is 1.35. The number of benzene rings is 2. The molecule has 45 heavy (non-hydrogen) atoms. The summed E-state index contributed by atoms with van der Waals surface area (Å²) in [7, 11) is -4.18. The average molecular weight is 637 g/mol. The Bertz CT molecular complexity index is 1680. The third-order valence-electron chi connectivity index (χ3n) is 9.20. The number of aromatic nitrogens is 2. The number of rotatable bonds is 5. The van der Waals surface area contributed by atoms with E-state index in [2.05, 4.69) is 35.5 Å². The van der Waals surface area contributed by atoms with Crippen LogP contribution in [0.3, 0.4) is 0 Å². The van der Waals surface area contributed by atoms with Crippen LogP contribution in [0.15, 0.2) is 53.4 Å². The van der Waals surface area contributed by atoms with E-state index in [0.717, 1.165) is 16.7 Å². The summed E-state index contributed by atoms with van der Waals surface area (Å²) in [6.07, 6.45) is 1.34. The van der Waals surface area contributed by atoms with Gasteiger partial charge in [0.1, 0.15) is 6.61 Å². The molecular formula is C34H44N4O6S. The fourth-order valence-corrected chi connectivity index (χ4v) is 7.62. The van der Waals surface area contributed by atoms with Crippen molar-refractivity contribution in [3.05, 3.63) is 65.2 Å². The van der Waals surface area contributed by atoms with Crippen molar-refractivity contribution >= 4 is 21.9 Å². The van der Waals surface area contributed by atoms with Crippen molar-refractivity contribution in [2.45, 2.75) is 90.3 Å². The van der Waals surface area contributed by atoms with Crippen molar-refractivity contribution in [1.82, 2.24) is 14.9 Å². The summed E-state index contributed by atoms with van der Waals surface area (Å²) in [5, 5.41) is 21.3. The second-order valence-electron chi connectivity index (χ2n) is 14.3. The van der Waals surface area contributed by atoms with Crippen molar-refractivity contribution in [1.29, 1.82) is 0 Å². The Balaban J connectivity index is 1.66. The lowest BCUT2D eigenvalue weighted by atomic mass is 9.57.